The van der Waals surface area contributed by atoms with Crippen molar-refractivity contribution in [2.24, 2.45) is 7.05 Å². The van der Waals surface area contributed by atoms with Crippen molar-refractivity contribution in [1.82, 2.24) is 24.6 Å². The number of alkyl halides is 3. The normalized spacial score (nSPS) is 19.6. The summed E-state index contributed by atoms with van der Waals surface area (Å²) in [5.41, 5.74) is -0.0118. The Morgan fingerprint density at radius 1 is 1.00 bits per heavy atom. The molecule has 1 fully saturated rings. The summed E-state index contributed by atoms with van der Waals surface area (Å²) in [5.74, 6) is -0.661. The number of hydrogen-bond donors (Lipinski definition) is 0. The number of aryl methyl sites for hydroxylation is 1. The van der Waals surface area contributed by atoms with Gasteiger partial charge >= 0.3 is 12.3 Å². The third kappa shape index (κ3) is 7.38. The van der Waals surface area contributed by atoms with E-state index in [1.807, 2.05) is 45.7 Å². The molecule has 0 saturated carbocycles. The first-order valence-corrected chi connectivity index (χ1v) is 14.1. The molecule has 2 aromatic heterocycles. The Morgan fingerprint density at radius 2 is 1.62 bits per heavy atom. The Bertz CT molecular complexity index is 1360. The van der Waals surface area contributed by atoms with Gasteiger partial charge < -0.3 is 14.5 Å². The molecule has 12 heteroatoms. The summed E-state index contributed by atoms with van der Waals surface area (Å²) in [6.45, 7) is 9.40. The van der Waals surface area contributed by atoms with Crippen molar-refractivity contribution in [3.05, 3.63) is 59.9 Å². The molecule has 3 heterocycles. The molecule has 1 amide bonds. The maximum atomic E-state index is 14.4. The maximum absolute atomic E-state index is 14.4. The lowest BCUT2D eigenvalue weighted by Crippen LogP contribution is -2.57. The molecular formula is C30H38F4N6O2. The van der Waals surface area contributed by atoms with Crippen LogP contribution in [0.1, 0.15) is 71.4 Å². The zero-order valence-electron chi connectivity index (χ0n) is 24.8. The van der Waals surface area contributed by atoms with E-state index in [1.54, 1.807) is 35.2 Å². The molecule has 0 spiro atoms. The van der Waals surface area contributed by atoms with Crippen molar-refractivity contribution in [3.63, 3.8) is 0 Å². The molecule has 42 heavy (non-hydrogen) atoms. The summed E-state index contributed by atoms with van der Waals surface area (Å²) < 4.78 is 62.4. The zero-order valence-corrected chi connectivity index (χ0v) is 24.8. The van der Waals surface area contributed by atoms with Crippen molar-refractivity contribution in [2.45, 2.75) is 96.7 Å². The van der Waals surface area contributed by atoms with E-state index in [4.69, 9.17) is 4.74 Å². The molecule has 228 valence electrons. The molecule has 3 aromatic rings. The molecule has 1 aliphatic heterocycles. The summed E-state index contributed by atoms with van der Waals surface area (Å²) >= 11 is 0. The highest BCUT2D eigenvalue weighted by atomic mass is 19.4. The first-order valence-electron chi connectivity index (χ1n) is 14.1. The molecule has 0 bridgehead atoms. The van der Waals surface area contributed by atoms with Crippen LogP contribution in [0.5, 0.6) is 0 Å². The second kappa shape index (κ2) is 12.3. The highest BCUT2D eigenvalue weighted by Crippen LogP contribution is 2.35. The lowest BCUT2D eigenvalue weighted by atomic mass is 9.87. The van der Waals surface area contributed by atoms with Crippen LogP contribution in [0, 0.1) is 5.82 Å². The molecule has 3 atom stereocenters. The van der Waals surface area contributed by atoms with Gasteiger partial charge in [-0.3, -0.25) is 4.68 Å². The van der Waals surface area contributed by atoms with E-state index in [1.165, 1.54) is 0 Å². The van der Waals surface area contributed by atoms with Crippen molar-refractivity contribution in [3.8, 4) is 11.1 Å². The summed E-state index contributed by atoms with van der Waals surface area (Å²) in [7, 11) is 1.80. The second-order valence-electron chi connectivity index (χ2n) is 11.8. The highest BCUT2D eigenvalue weighted by molar-refractivity contribution is 5.69. The molecule has 4 rings (SSSR count). The van der Waals surface area contributed by atoms with Crippen LogP contribution >= 0.6 is 0 Å². The van der Waals surface area contributed by atoms with Crippen LogP contribution in [-0.2, 0) is 24.5 Å². The van der Waals surface area contributed by atoms with E-state index in [0.717, 1.165) is 23.3 Å². The van der Waals surface area contributed by atoms with Crippen molar-refractivity contribution < 1.29 is 27.1 Å². The van der Waals surface area contributed by atoms with Gasteiger partial charge in [0.2, 0.25) is 5.95 Å². The second-order valence-corrected chi connectivity index (χ2v) is 11.8. The third-order valence-corrected chi connectivity index (χ3v) is 7.43. The van der Waals surface area contributed by atoms with E-state index in [-0.39, 0.29) is 36.3 Å². The van der Waals surface area contributed by atoms with Gasteiger partial charge in [0.05, 0.1) is 11.8 Å². The van der Waals surface area contributed by atoms with Crippen molar-refractivity contribution >= 4 is 12.0 Å². The van der Waals surface area contributed by atoms with Crippen LogP contribution in [0.15, 0.2) is 43.0 Å². The smallest absolute Gasteiger partial charge is 0.416 e. The first kappa shape index (κ1) is 31.2. The molecule has 8 nitrogen and oxygen atoms in total. The number of aromatic nitrogens is 4. The van der Waals surface area contributed by atoms with Crippen molar-refractivity contribution in [2.75, 3.05) is 4.90 Å². The number of likely N-dealkylation sites (tertiary alicyclic amines) is 1. The van der Waals surface area contributed by atoms with Crippen LogP contribution in [0.3, 0.4) is 0 Å². The molecule has 0 aliphatic carbocycles. The van der Waals surface area contributed by atoms with E-state index in [2.05, 4.69) is 15.1 Å². The topological polar surface area (TPSA) is 76.4 Å². The van der Waals surface area contributed by atoms with Crippen LogP contribution in [0.2, 0.25) is 0 Å². The molecule has 1 aromatic carbocycles. The highest BCUT2D eigenvalue weighted by Gasteiger charge is 2.41. The molecule has 0 radical (unpaired) electrons. The number of benzene rings is 1. The fourth-order valence-electron chi connectivity index (χ4n) is 5.50. The number of amides is 1. The van der Waals surface area contributed by atoms with E-state index in [0.29, 0.717) is 37.7 Å². The Hall–Kier alpha value is -3.70. The van der Waals surface area contributed by atoms with Gasteiger partial charge in [0, 0.05) is 61.4 Å². The molecular weight excluding hydrogens is 552 g/mol. The minimum atomic E-state index is -4.69. The standard InChI is InChI=1S/C30H38F4N6O2/c1-7-24-12-26(13-25(8-2)40(24)28(41)42-29(3,4)5)39(17-19-9-22(30(32,33)34)11-23(31)10-19)27-35-14-20(15-36-27)21-16-37-38(6)18-21/h9-11,14-16,18,24-26H,7-8,12-13,17H2,1-6H3/t24-,25+,26+. The van der Waals surface area contributed by atoms with Gasteiger partial charge in [0.1, 0.15) is 11.4 Å². The third-order valence-electron chi connectivity index (χ3n) is 7.43. The predicted octanol–water partition coefficient (Wildman–Crippen LogP) is 7.00. The van der Waals surface area contributed by atoms with Gasteiger partial charge in [-0.25, -0.2) is 19.2 Å². The SMILES string of the molecule is CC[C@@H]1C[C@H](N(Cc2cc(F)cc(C(F)(F)F)c2)c2ncc(-c3cnn(C)c3)cn2)C[C@H](CC)N1C(=O)OC(C)(C)C. The lowest BCUT2D eigenvalue weighted by Gasteiger charge is -2.48. The van der Waals surface area contributed by atoms with Gasteiger partial charge in [-0.05, 0) is 70.2 Å². The number of hydrogen-bond acceptors (Lipinski definition) is 6. The van der Waals surface area contributed by atoms with Gasteiger partial charge in [0.15, 0.2) is 0 Å². The first-order chi connectivity index (χ1) is 19.7. The Kier molecular flexibility index (Phi) is 9.12. The average molecular weight is 591 g/mol. The quantitative estimate of drug-likeness (QED) is 0.276. The fourth-order valence-corrected chi connectivity index (χ4v) is 5.50. The van der Waals surface area contributed by atoms with Crippen molar-refractivity contribution in [1.29, 1.82) is 0 Å². The number of piperidine rings is 1. The lowest BCUT2D eigenvalue weighted by molar-refractivity contribution is -0.137. The number of halogens is 4. The predicted molar refractivity (Wildman–Crippen MR) is 151 cm³/mol. The molecule has 0 N–H and O–H groups in total. The Labute approximate surface area is 243 Å². The van der Waals surface area contributed by atoms with Crippen LogP contribution < -0.4 is 4.90 Å². The Morgan fingerprint density at radius 3 is 2.12 bits per heavy atom. The number of nitrogens with zero attached hydrogens (tertiary/aromatic N) is 6. The number of anilines is 1. The van der Waals surface area contributed by atoms with Gasteiger partial charge in [-0.15, -0.1) is 0 Å². The summed E-state index contributed by atoms with van der Waals surface area (Å²) in [4.78, 5) is 26.1. The van der Waals surface area contributed by atoms with Gasteiger partial charge in [0.25, 0.3) is 0 Å². The van der Waals surface area contributed by atoms with Crippen LogP contribution in [-0.4, -0.2) is 54.5 Å². The van der Waals surface area contributed by atoms with E-state index < -0.39 is 23.2 Å². The monoisotopic (exact) mass is 590 g/mol. The average Bonchev–Trinajstić information content (AvgIpc) is 3.35. The number of rotatable bonds is 7. The summed E-state index contributed by atoms with van der Waals surface area (Å²) in [5, 5.41) is 4.18. The van der Waals surface area contributed by atoms with Crippen LogP contribution in [0.25, 0.3) is 11.1 Å². The largest absolute Gasteiger partial charge is 0.444 e. The minimum absolute atomic E-state index is 0.0446. The minimum Gasteiger partial charge on any atom is -0.444 e. The van der Waals surface area contributed by atoms with Crippen LogP contribution in [0.4, 0.5) is 28.3 Å². The van der Waals surface area contributed by atoms with Gasteiger partial charge in [-0.1, -0.05) is 13.8 Å². The fraction of sp³-hybridized carbons (Fsp3) is 0.533. The molecule has 1 saturated heterocycles. The zero-order chi connectivity index (χ0) is 30.8. The summed E-state index contributed by atoms with van der Waals surface area (Å²) in [6, 6.07) is 1.96. The van der Waals surface area contributed by atoms with E-state index >= 15 is 0 Å². The molecule has 0 unspecified atom stereocenters. The maximum Gasteiger partial charge on any atom is 0.416 e. The van der Waals surface area contributed by atoms with E-state index in [9.17, 15) is 22.4 Å². The molecule has 1 aliphatic rings. The number of ether oxygens (including phenoxy) is 1. The Balaban J connectivity index is 1.71. The number of carbonyl (C=O) groups is 1. The van der Waals surface area contributed by atoms with Gasteiger partial charge in [-0.2, -0.15) is 18.3 Å². The summed E-state index contributed by atoms with van der Waals surface area (Å²) in [6.07, 6.45) is 4.05. The number of carbonyl (C=O) groups excluding carboxylic acids is 1.